The average Bonchev–Trinajstić information content (AvgIpc) is 3.48. The topological polar surface area (TPSA) is 96.6 Å². The summed E-state index contributed by atoms with van der Waals surface area (Å²) in [6.45, 7) is 5.50. The zero-order chi connectivity index (χ0) is 30.6. The molecule has 5 rings (SSSR count). The van der Waals surface area contributed by atoms with E-state index in [1.807, 2.05) is 36.6 Å². The summed E-state index contributed by atoms with van der Waals surface area (Å²) >= 11 is 7.10. The third-order valence-electron chi connectivity index (χ3n) is 7.10. The maximum atomic E-state index is 12.7. The van der Waals surface area contributed by atoms with Gasteiger partial charge in [0.05, 0.1) is 10.6 Å². The summed E-state index contributed by atoms with van der Waals surface area (Å²) in [5, 5.41) is 11.7. The van der Waals surface area contributed by atoms with Crippen LogP contribution in [0.2, 0.25) is 0 Å². The Morgan fingerprint density at radius 2 is 1.65 bits per heavy atom. The highest BCUT2D eigenvalue weighted by Gasteiger charge is 2.26. The van der Waals surface area contributed by atoms with Crippen molar-refractivity contribution in [2.24, 2.45) is 0 Å². The molecule has 1 aliphatic rings. The second-order valence-electron chi connectivity index (χ2n) is 9.82. The molecule has 1 amide bonds. The molecule has 222 valence electrons. The molecule has 8 nitrogen and oxygen atoms in total. The molecule has 2 N–H and O–H groups in total. The fraction of sp³-hybridized carbons (Fsp3) is 0.219. The van der Waals surface area contributed by atoms with E-state index >= 15 is 0 Å². The molecule has 0 atom stereocenters. The molecule has 2 heterocycles. The number of nitrogens with one attached hydrogen (secondary N) is 1. The van der Waals surface area contributed by atoms with E-state index < -0.39 is 15.9 Å². The van der Waals surface area contributed by atoms with Crippen LogP contribution in [0.1, 0.15) is 32.4 Å². The van der Waals surface area contributed by atoms with E-state index in [9.17, 15) is 18.3 Å². The minimum atomic E-state index is -3.93. The van der Waals surface area contributed by atoms with Crippen molar-refractivity contribution in [2.75, 3.05) is 11.4 Å². The fourth-order valence-corrected chi connectivity index (χ4v) is 7.46. The van der Waals surface area contributed by atoms with Gasteiger partial charge in [0.25, 0.3) is 10.0 Å². The van der Waals surface area contributed by atoms with Crippen LogP contribution in [-0.2, 0) is 27.9 Å². The third-order valence-corrected chi connectivity index (χ3v) is 10.0. The first kappa shape index (κ1) is 30.4. The largest absolute Gasteiger partial charge is 0.493 e. The van der Waals surface area contributed by atoms with Crippen LogP contribution >= 0.6 is 24.0 Å². The predicted octanol–water partition coefficient (Wildman–Crippen LogP) is 6.78. The van der Waals surface area contributed by atoms with Crippen molar-refractivity contribution >= 4 is 51.7 Å². The highest BCUT2D eigenvalue weighted by atomic mass is 32.2. The predicted molar refractivity (Wildman–Crippen MR) is 174 cm³/mol. The number of benzene rings is 3. The van der Waals surface area contributed by atoms with Gasteiger partial charge in [0.2, 0.25) is 11.8 Å². The summed E-state index contributed by atoms with van der Waals surface area (Å²) in [6.07, 6.45) is 2.17. The van der Waals surface area contributed by atoms with Crippen LogP contribution in [0, 0.1) is 4.77 Å². The van der Waals surface area contributed by atoms with Gasteiger partial charge in [0.1, 0.15) is 10.7 Å². The first-order chi connectivity index (χ1) is 20.7. The number of nitrogens with zero attached hydrogens (tertiary/aromatic N) is 3. The molecule has 0 spiro atoms. The zero-order valence-corrected chi connectivity index (χ0v) is 26.3. The number of fused-ring (bicyclic) bond motifs is 1. The molecule has 0 saturated carbocycles. The van der Waals surface area contributed by atoms with E-state index in [4.69, 9.17) is 12.2 Å². The summed E-state index contributed by atoms with van der Waals surface area (Å²) in [6, 6.07) is 24.2. The zero-order valence-electron chi connectivity index (χ0n) is 23.9. The van der Waals surface area contributed by atoms with Crippen molar-refractivity contribution in [2.45, 2.75) is 49.6 Å². The molecular weight excluding hydrogens is 601 g/mol. The van der Waals surface area contributed by atoms with Crippen molar-refractivity contribution in [3.05, 3.63) is 100 Å². The SMILES string of the molecule is CCn1c(O)c(C=C=C2Sc3ccc(-c4ccccc4)cc3N2CCCC(=O)NS(=O)(=O)c2ccccc2)n(CC)c1=S. The van der Waals surface area contributed by atoms with Crippen LogP contribution in [0.4, 0.5) is 5.69 Å². The number of carbonyl (C=O) groups is 1. The number of hydrogen-bond donors (Lipinski definition) is 2. The van der Waals surface area contributed by atoms with Crippen molar-refractivity contribution in [1.82, 2.24) is 13.9 Å². The van der Waals surface area contributed by atoms with Gasteiger partial charge in [-0.3, -0.25) is 9.36 Å². The smallest absolute Gasteiger partial charge is 0.264 e. The van der Waals surface area contributed by atoms with Crippen molar-refractivity contribution in [3.63, 3.8) is 0 Å². The maximum absolute atomic E-state index is 12.7. The first-order valence-corrected chi connectivity index (χ1v) is 16.7. The molecule has 3 aromatic carbocycles. The van der Waals surface area contributed by atoms with Gasteiger partial charge in [-0.25, -0.2) is 13.1 Å². The number of rotatable bonds is 10. The van der Waals surface area contributed by atoms with Gasteiger partial charge >= 0.3 is 0 Å². The van der Waals surface area contributed by atoms with E-state index in [2.05, 4.69) is 45.7 Å². The van der Waals surface area contributed by atoms with E-state index in [-0.39, 0.29) is 17.2 Å². The molecule has 4 aromatic rings. The Labute approximate surface area is 261 Å². The van der Waals surface area contributed by atoms with Gasteiger partial charge in [0.15, 0.2) is 4.77 Å². The van der Waals surface area contributed by atoms with Crippen LogP contribution in [0.5, 0.6) is 5.88 Å². The van der Waals surface area contributed by atoms with Gasteiger partial charge in [-0.15, -0.1) is 0 Å². The summed E-state index contributed by atoms with van der Waals surface area (Å²) < 4.78 is 31.5. The number of aromatic nitrogens is 2. The number of thioether (sulfide) groups is 1. The lowest BCUT2D eigenvalue weighted by molar-refractivity contribution is -0.119. The standard InChI is InChI=1S/C32H32N4O4S3/c1-3-34-26(31(38)35(4-2)32(34)41)18-20-30-36(21-11-16-29(37)33-43(39,40)25-14-9-6-10-15-25)27-22-24(17-19-28(27)42-30)23-12-7-5-8-13-23/h5-10,12-15,17-19,22,38H,3-4,11,16,21H2,1-2H3,(H,33,37). The minimum Gasteiger partial charge on any atom is -0.493 e. The number of imidazole rings is 1. The van der Waals surface area contributed by atoms with Crippen LogP contribution in [0.3, 0.4) is 0 Å². The molecule has 1 aliphatic heterocycles. The number of anilines is 1. The molecular formula is C32H32N4O4S3. The lowest BCUT2D eigenvalue weighted by Gasteiger charge is -2.20. The molecule has 0 aliphatic carbocycles. The number of amides is 1. The molecule has 11 heteroatoms. The monoisotopic (exact) mass is 632 g/mol. The van der Waals surface area contributed by atoms with E-state index in [0.717, 1.165) is 26.7 Å². The Morgan fingerprint density at radius 1 is 0.977 bits per heavy atom. The summed E-state index contributed by atoms with van der Waals surface area (Å²) in [4.78, 5) is 15.8. The van der Waals surface area contributed by atoms with Crippen LogP contribution in [-0.4, -0.2) is 35.1 Å². The highest BCUT2D eigenvalue weighted by molar-refractivity contribution is 8.03. The fourth-order valence-electron chi connectivity index (χ4n) is 4.94. The van der Waals surface area contributed by atoms with Crippen LogP contribution in [0.25, 0.3) is 17.2 Å². The maximum Gasteiger partial charge on any atom is 0.264 e. The molecule has 0 radical (unpaired) electrons. The quantitative estimate of drug-likeness (QED) is 0.147. The molecule has 0 unspecified atom stereocenters. The Hall–Kier alpha value is -4.02. The summed E-state index contributed by atoms with van der Waals surface area (Å²) in [5.74, 6) is -0.472. The first-order valence-electron chi connectivity index (χ1n) is 14.0. The Balaban J connectivity index is 1.43. The van der Waals surface area contributed by atoms with Crippen LogP contribution in [0.15, 0.2) is 99.4 Å². The van der Waals surface area contributed by atoms with E-state index in [0.29, 0.717) is 36.5 Å². The number of hydrogen-bond acceptors (Lipinski definition) is 7. The molecule has 1 aromatic heterocycles. The number of sulfonamides is 1. The summed E-state index contributed by atoms with van der Waals surface area (Å²) in [7, 11) is -3.93. The molecule has 0 saturated heterocycles. The lowest BCUT2D eigenvalue weighted by Crippen LogP contribution is -2.31. The molecule has 0 bridgehead atoms. The van der Waals surface area contributed by atoms with E-state index in [1.54, 1.807) is 40.6 Å². The minimum absolute atomic E-state index is 0.0210. The number of carbonyl (C=O) groups excluding carboxylic acids is 1. The molecule has 43 heavy (non-hydrogen) atoms. The highest BCUT2D eigenvalue weighted by Crippen LogP contribution is 2.47. The molecule has 0 fully saturated rings. The number of aromatic hydroxyl groups is 1. The van der Waals surface area contributed by atoms with Crippen molar-refractivity contribution in [1.29, 1.82) is 0 Å². The Morgan fingerprint density at radius 3 is 2.33 bits per heavy atom. The third kappa shape index (κ3) is 6.50. The summed E-state index contributed by atoms with van der Waals surface area (Å²) in [5.41, 5.74) is 7.07. The van der Waals surface area contributed by atoms with Gasteiger partial charge < -0.3 is 14.6 Å². The van der Waals surface area contributed by atoms with Crippen LogP contribution < -0.4 is 9.62 Å². The average molecular weight is 633 g/mol. The second-order valence-corrected chi connectivity index (χ2v) is 12.9. The van der Waals surface area contributed by atoms with Crippen molar-refractivity contribution < 1.29 is 18.3 Å². The Bertz CT molecular complexity index is 1870. The van der Waals surface area contributed by atoms with Crippen molar-refractivity contribution in [3.8, 4) is 17.0 Å². The van der Waals surface area contributed by atoms with E-state index in [1.165, 1.54) is 12.1 Å². The van der Waals surface area contributed by atoms with Gasteiger partial charge in [0, 0.05) is 37.0 Å². The van der Waals surface area contributed by atoms with Gasteiger partial charge in [-0.2, -0.15) is 0 Å². The second kappa shape index (κ2) is 13.1. The Kier molecular flexibility index (Phi) is 9.27. The van der Waals surface area contributed by atoms with Gasteiger partial charge in [-0.1, -0.05) is 72.1 Å². The normalized spacial score (nSPS) is 12.6. The lowest BCUT2D eigenvalue weighted by atomic mass is 10.0. The van der Waals surface area contributed by atoms with Gasteiger partial charge in [-0.05, 0) is 67.9 Å².